The number of halogens is 1. The maximum Gasteiger partial charge on any atom is 0.157 e. The van der Waals surface area contributed by atoms with Gasteiger partial charge in [-0.3, -0.25) is 0 Å². The van der Waals surface area contributed by atoms with Gasteiger partial charge in [0.2, 0.25) is 0 Å². The normalized spacial score (nSPS) is 14.8. The smallest absolute Gasteiger partial charge is 0.157 e. The molecule has 2 aromatic heterocycles. The Morgan fingerprint density at radius 1 is 1.17 bits per heavy atom. The molecule has 0 bridgehead atoms. The molecule has 0 aliphatic heterocycles. The number of sulfone groups is 1. The van der Waals surface area contributed by atoms with E-state index < -0.39 is 15.7 Å². The van der Waals surface area contributed by atoms with Gasteiger partial charge in [-0.15, -0.1) is 11.3 Å². The fraction of sp³-hybridized carbons (Fsp3) is 0.409. The van der Waals surface area contributed by atoms with Crippen LogP contribution >= 0.6 is 11.3 Å². The molecule has 1 aliphatic rings. The van der Waals surface area contributed by atoms with Crippen LogP contribution < -0.4 is 0 Å². The van der Waals surface area contributed by atoms with Crippen LogP contribution in [0.2, 0.25) is 0 Å². The zero-order valence-corrected chi connectivity index (χ0v) is 19.1. The van der Waals surface area contributed by atoms with Gasteiger partial charge in [0.1, 0.15) is 11.6 Å². The standard InChI is InChI=1S/C22H24FN3O2S2/c1-13-24-11-10-17(25-13)20-19(26-21(29-20)22(2,3)4)16-7-5-6-14(18(16)23)12-30(27,28)15-8-9-15/h5-7,10-11,15H,8-9,12H2,1-4H3. The van der Waals surface area contributed by atoms with E-state index in [1.165, 1.54) is 11.3 Å². The molecule has 8 heteroatoms. The van der Waals surface area contributed by atoms with Crippen LogP contribution in [0.3, 0.4) is 0 Å². The molecule has 158 valence electrons. The fourth-order valence-electron chi connectivity index (χ4n) is 3.22. The van der Waals surface area contributed by atoms with E-state index in [2.05, 4.69) is 30.7 Å². The van der Waals surface area contributed by atoms with Gasteiger partial charge in [0.15, 0.2) is 9.84 Å². The maximum absolute atomic E-state index is 15.5. The van der Waals surface area contributed by atoms with E-state index in [1.807, 2.05) is 0 Å². The second-order valence-corrected chi connectivity index (χ2v) is 12.0. The minimum absolute atomic E-state index is 0.189. The first kappa shape index (κ1) is 21.1. The quantitative estimate of drug-likeness (QED) is 0.547. The van der Waals surface area contributed by atoms with Crippen molar-refractivity contribution in [3.05, 3.63) is 52.7 Å². The van der Waals surface area contributed by atoms with Crippen molar-refractivity contribution in [3.63, 3.8) is 0 Å². The molecule has 0 atom stereocenters. The van der Waals surface area contributed by atoms with Crippen LogP contribution in [0.4, 0.5) is 4.39 Å². The third-order valence-corrected chi connectivity index (χ3v) is 8.70. The molecule has 0 radical (unpaired) electrons. The third kappa shape index (κ3) is 4.16. The van der Waals surface area contributed by atoms with Gasteiger partial charge in [0.25, 0.3) is 0 Å². The van der Waals surface area contributed by atoms with E-state index in [4.69, 9.17) is 4.98 Å². The Hall–Kier alpha value is -2.19. The van der Waals surface area contributed by atoms with Gasteiger partial charge in [-0.1, -0.05) is 32.9 Å². The van der Waals surface area contributed by atoms with E-state index in [-0.39, 0.29) is 22.0 Å². The summed E-state index contributed by atoms with van der Waals surface area (Å²) in [6.07, 6.45) is 3.01. The summed E-state index contributed by atoms with van der Waals surface area (Å²) in [7, 11) is -3.33. The van der Waals surface area contributed by atoms with Gasteiger partial charge in [-0.25, -0.2) is 27.8 Å². The first-order valence-electron chi connectivity index (χ1n) is 9.87. The average molecular weight is 446 g/mol. The highest BCUT2D eigenvalue weighted by Gasteiger charge is 2.36. The second kappa shape index (κ2) is 7.50. The van der Waals surface area contributed by atoms with Crippen molar-refractivity contribution in [2.75, 3.05) is 0 Å². The summed E-state index contributed by atoms with van der Waals surface area (Å²) in [6.45, 7) is 7.97. The Bertz CT molecular complexity index is 1210. The maximum atomic E-state index is 15.5. The van der Waals surface area contributed by atoms with Crippen molar-refractivity contribution in [2.24, 2.45) is 0 Å². The van der Waals surface area contributed by atoms with Crippen LogP contribution in [0, 0.1) is 12.7 Å². The predicted molar refractivity (Wildman–Crippen MR) is 118 cm³/mol. The lowest BCUT2D eigenvalue weighted by atomic mass is 9.98. The average Bonchev–Trinajstić information content (AvgIpc) is 3.42. The number of rotatable bonds is 5. The SMILES string of the molecule is Cc1nccc(-c2sc(C(C)(C)C)nc2-c2cccc(CS(=O)(=O)C3CC3)c2F)n1. The largest absolute Gasteiger partial charge is 0.242 e. The van der Waals surface area contributed by atoms with E-state index in [1.54, 1.807) is 37.4 Å². The summed E-state index contributed by atoms with van der Waals surface area (Å²) >= 11 is 1.48. The third-order valence-electron chi connectivity index (χ3n) is 5.00. The molecule has 0 amide bonds. The van der Waals surface area contributed by atoms with Crippen molar-refractivity contribution in [1.29, 1.82) is 0 Å². The topological polar surface area (TPSA) is 72.8 Å². The van der Waals surface area contributed by atoms with Crippen LogP contribution in [0.1, 0.15) is 50.0 Å². The summed E-state index contributed by atoms with van der Waals surface area (Å²) in [5, 5.41) is 0.533. The van der Waals surface area contributed by atoms with Gasteiger partial charge in [0.05, 0.1) is 32.3 Å². The second-order valence-electron chi connectivity index (χ2n) is 8.72. The number of hydrogen-bond acceptors (Lipinski definition) is 6. The Labute approximate surface area is 180 Å². The van der Waals surface area contributed by atoms with Crippen LogP contribution in [-0.2, 0) is 21.0 Å². The molecule has 30 heavy (non-hydrogen) atoms. The van der Waals surface area contributed by atoms with Crippen LogP contribution in [-0.4, -0.2) is 28.6 Å². The summed E-state index contributed by atoms with van der Waals surface area (Å²) in [5.74, 6) is -0.191. The highest BCUT2D eigenvalue weighted by Crippen LogP contribution is 2.41. The van der Waals surface area contributed by atoms with Gasteiger partial charge in [0, 0.05) is 22.7 Å². The lowest BCUT2D eigenvalue weighted by molar-refractivity contribution is 0.584. The Morgan fingerprint density at radius 3 is 2.53 bits per heavy atom. The lowest BCUT2D eigenvalue weighted by Gasteiger charge is -2.13. The summed E-state index contributed by atoms with van der Waals surface area (Å²) in [5.41, 5.74) is 1.45. The molecule has 0 spiro atoms. The minimum Gasteiger partial charge on any atom is -0.242 e. The van der Waals surface area contributed by atoms with Crippen molar-refractivity contribution >= 4 is 21.2 Å². The van der Waals surface area contributed by atoms with Crippen molar-refractivity contribution in [2.45, 2.75) is 57.0 Å². The van der Waals surface area contributed by atoms with Gasteiger partial charge < -0.3 is 0 Å². The van der Waals surface area contributed by atoms with E-state index >= 15 is 4.39 Å². The van der Waals surface area contributed by atoms with Crippen molar-refractivity contribution in [1.82, 2.24) is 15.0 Å². The molecular formula is C22H24FN3O2S2. The molecular weight excluding hydrogens is 421 g/mol. The molecule has 0 saturated heterocycles. The van der Waals surface area contributed by atoms with Crippen LogP contribution in [0.15, 0.2) is 30.5 Å². The molecule has 5 nitrogen and oxygen atoms in total. The number of aryl methyl sites for hydroxylation is 1. The minimum atomic E-state index is -3.33. The molecule has 3 aromatic rings. The van der Waals surface area contributed by atoms with Crippen molar-refractivity contribution < 1.29 is 12.8 Å². The summed E-state index contributed by atoms with van der Waals surface area (Å²) in [4.78, 5) is 14.2. The lowest BCUT2D eigenvalue weighted by Crippen LogP contribution is -2.11. The predicted octanol–water partition coefficient (Wildman–Crippen LogP) is 5.09. The molecule has 4 rings (SSSR count). The number of hydrogen-bond donors (Lipinski definition) is 0. The van der Waals surface area contributed by atoms with Gasteiger partial charge in [-0.05, 0) is 31.9 Å². The van der Waals surface area contributed by atoms with Gasteiger partial charge >= 0.3 is 0 Å². The van der Waals surface area contributed by atoms with Crippen LogP contribution in [0.25, 0.3) is 21.8 Å². The molecule has 1 aromatic carbocycles. The molecule has 0 unspecified atom stereocenters. The van der Waals surface area contributed by atoms with E-state index in [0.29, 0.717) is 35.6 Å². The van der Waals surface area contributed by atoms with E-state index in [9.17, 15) is 8.42 Å². The Kier molecular flexibility index (Phi) is 5.26. The molecule has 1 saturated carbocycles. The molecule has 1 aliphatic carbocycles. The Morgan fingerprint density at radius 2 is 1.90 bits per heavy atom. The number of benzene rings is 1. The number of nitrogens with zero attached hydrogens (tertiary/aromatic N) is 3. The zero-order valence-electron chi connectivity index (χ0n) is 17.4. The molecule has 1 fully saturated rings. The summed E-state index contributed by atoms with van der Waals surface area (Å²) < 4.78 is 40.4. The highest BCUT2D eigenvalue weighted by atomic mass is 32.2. The number of thiazole rings is 1. The van der Waals surface area contributed by atoms with Crippen LogP contribution in [0.5, 0.6) is 0 Å². The van der Waals surface area contributed by atoms with Crippen molar-refractivity contribution in [3.8, 4) is 21.8 Å². The molecule has 0 N–H and O–H groups in total. The monoisotopic (exact) mass is 445 g/mol. The van der Waals surface area contributed by atoms with Gasteiger partial charge in [-0.2, -0.15) is 0 Å². The zero-order chi connectivity index (χ0) is 21.7. The first-order chi connectivity index (χ1) is 14.1. The molecule has 2 heterocycles. The number of aromatic nitrogens is 3. The van der Waals surface area contributed by atoms with E-state index in [0.717, 1.165) is 9.88 Å². The first-order valence-corrected chi connectivity index (χ1v) is 12.4. The highest BCUT2D eigenvalue weighted by molar-refractivity contribution is 7.91. The fourth-order valence-corrected chi connectivity index (χ4v) is 6.07. The summed E-state index contributed by atoms with van der Waals surface area (Å²) in [6, 6.07) is 6.68. The Balaban J connectivity index is 1.86.